The minimum absolute atomic E-state index is 0.0828. The largest absolute Gasteiger partial charge is 0.338 e. The third kappa shape index (κ3) is 2.56. The molecule has 3 heterocycles. The Hall–Kier alpha value is -1.73. The molecular formula is C17H22N3O3S+. The summed E-state index contributed by atoms with van der Waals surface area (Å²) in [6.07, 6.45) is 5.84. The molecule has 1 aliphatic carbocycles. The van der Waals surface area contributed by atoms with Gasteiger partial charge in [-0.05, 0) is 24.3 Å². The van der Waals surface area contributed by atoms with Gasteiger partial charge >= 0.3 is 17.8 Å². The number of amides is 4. The number of likely N-dealkylation sites (tertiary alicyclic amines) is 1. The van der Waals surface area contributed by atoms with Crippen molar-refractivity contribution < 1.29 is 19.3 Å². The van der Waals surface area contributed by atoms with Crippen LogP contribution in [0.5, 0.6) is 0 Å². The predicted octanol–water partition coefficient (Wildman–Crippen LogP) is 1.16. The SMILES string of the molecule is O=C1C(=O)N(C2CCCC2)C(=O)N1C[NH+]1CCC[C@@H]1c1cccs1. The van der Waals surface area contributed by atoms with Gasteiger partial charge in [-0.3, -0.25) is 14.5 Å². The number of nitrogens with one attached hydrogen (secondary N) is 1. The average Bonchev–Trinajstić information content (AvgIpc) is 3.33. The molecule has 6 nitrogen and oxygen atoms in total. The summed E-state index contributed by atoms with van der Waals surface area (Å²) in [6, 6.07) is 3.99. The topological polar surface area (TPSA) is 62.1 Å². The van der Waals surface area contributed by atoms with E-state index in [1.807, 2.05) is 6.07 Å². The second-order valence-corrected chi connectivity index (χ2v) is 7.89. The van der Waals surface area contributed by atoms with Gasteiger partial charge in [0, 0.05) is 18.9 Å². The quantitative estimate of drug-likeness (QED) is 0.656. The molecular weight excluding hydrogens is 326 g/mol. The molecule has 4 rings (SSSR count). The highest BCUT2D eigenvalue weighted by Crippen LogP contribution is 2.28. The van der Waals surface area contributed by atoms with E-state index in [0.717, 1.165) is 45.1 Å². The number of quaternary nitrogens is 1. The molecule has 4 amide bonds. The minimum atomic E-state index is -0.642. The van der Waals surface area contributed by atoms with Gasteiger partial charge in [0.1, 0.15) is 6.04 Å². The lowest BCUT2D eigenvalue weighted by molar-refractivity contribution is -0.925. The van der Waals surface area contributed by atoms with Gasteiger partial charge in [-0.2, -0.15) is 0 Å². The Morgan fingerprint density at radius 1 is 1.08 bits per heavy atom. The Labute approximate surface area is 145 Å². The fraction of sp³-hybridized carbons (Fsp3) is 0.588. The van der Waals surface area contributed by atoms with Crippen LogP contribution < -0.4 is 4.90 Å². The lowest BCUT2D eigenvalue weighted by Crippen LogP contribution is -3.12. The zero-order chi connectivity index (χ0) is 16.7. The van der Waals surface area contributed by atoms with Crippen molar-refractivity contribution in [1.82, 2.24) is 9.80 Å². The van der Waals surface area contributed by atoms with Gasteiger partial charge in [0.15, 0.2) is 6.67 Å². The summed E-state index contributed by atoms with van der Waals surface area (Å²) in [4.78, 5) is 42.3. The van der Waals surface area contributed by atoms with Crippen LogP contribution in [0.15, 0.2) is 17.5 Å². The fourth-order valence-corrected chi connectivity index (χ4v) is 5.20. The van der Waals surface area contributed by atoms with E-state index >= 15 is 0 Å². The fourth-order valence-electron chi connectivity index (χ4n) is 4.28. The first-order valence-corrected chi connectivity index (χ1v) is 9.62. The van der Waals surface area contributed by atoms with Gasteiger partial charge < -0.3 is 4.90 Å². The van der Waals surface area contributed by atoms with Crippen molar-refractivity contribution in [2.75, 3.05) is 13.2 Å². The third-order valence-electron chi connectivity index (χ3n) is 5.51. The van der Waals surface area contributed by atoms with Gasteiger partial charge in [0.05, 0.1) is 11.4 Å². The van der Waals surface area contributed by atoms with Gasteiger partial charge in [-0.25, -0.2) is 9.69 Å². The number of carbonyl (C=O) groups excluding carboxylic acids is 3. The number of hydrogen-bond donors (Lipinski definition) is 1. The molecule has 128 valence electrons. The van der Waals surface area contributed by atoms with E-state index in [2.05, 4.69) is 11.4 Å². The predicted molar refractivity (Wildman–Crippen MR) is 88.3 cm³/mol. The molecule has 1 unspecified atom stereocenters. The van der Waals surface area contributed by atoms with Crippen LogP contribution in [0.4, 0.5) is 4.79 Å². The number of nitrogens with zero attached hydrogens (tertiary/aromatic N) is 2. The van der Waals surface area contributed by atoms with E-state index in [-0.39, 0.29) is 6.04 Å². The number of thiophene rings is 1. The van der Waals surface area contributed by atoms with Gasteiger partial charge in [0.2, 0.25) is 0 Å². The zero-order valence-electron chi connectivity index (χ0n) is 13.6. The maximum Gasteiger partial charge on any atom is 0.338 e. The summed E-state index contributed by atoms with van der Waals surface area (Å²) in [7, 11) is 0. The molecule has 2 atom stereocenters. The number of rotatable bonds is 4. The van der Waals surface area contributed by atoms with Crippen molar-refractivity contribution in [3.63, 3.8) is 0 Å². The second kappa shape index (κ2) is 6.29. The standard InChI is InChI=1S/C17H21N3O3S/c21-15-16(22)20(12-5-1-2-6-12)17(23)19(15)11-18-9-3-7-13(18)14-8-4-10-24-14/h4,8,10,12-13H,1-3,5-7,9,11H2/p+1/t13-/m1/s1. The molecule has 2 saturated heterocycles. The van der Waals surface area contributed by atoms with E-state index in [0.29, 0.717) is 12.7 Å². The molecule has 7 heteroatoms. The smallest absolute Gasteiger partial charge is 0.310 e. The Kier molecular flexibility index (Phi) is 4.14. The molecule has 0 spiro atoms. The Morgan fingerprint density at radius 3 is 2.58 bits per heavy atom. The molecule has 3 aliphatic rings. The molecule has 1 aromatic heterocycles. The Morgan fingerprint density at radius 2 is 1.88 bits per heavy atom. The molecule has 0 bridgehead atoms. The van der Waals surface area contributed by atoms with Crippen LogP contribution in [-0.2, 0) is 9.59 Å². The van der Waals surface area contributed by atoms with E-state index < -0.39 is 17.8 Å². The van der Waals surface area contributed by atoms with Crippen LogP contribution in [0.1, 0.15) is 49.4 Å². The first-order valence-electron chi connectivity index (χ1n) is 8.74. The summed E-state index contributed by atoms with van der Waals surface area (Å²) >= 11 is 1.72. The van der Waals surface area contributed by atoms with Crippen LogP contribution in [-0.4, -0.2) is 46.9 Å². The Balaban J connectivity index is 1.50. The van der Waals surface area contributed by atoms with Gasteiger partial charge in [-0.1, -0.05) is 18.9 Å². The van der Waals surface area contributed by atoms with Crippen molar-refractivity contribution in [3.8, 4) is 0 Å². The zero-order valence-corrected chi connectivity index (χ0v) is 14.4. The number of urea groups is 1. The van der Waals surface area contributed by atoms with Crippen LogP contribution in [0, 0.1) is 0 Å². The summed E-state index contributed by atoms with van der Waals surface area (Å²) in [5.41, 5.74) is 0. The van der Waals surface area contributed by atoms with Crippen LogP contribution >= 0.6 is 11.3 Å². The number of imide groups is 2. The highest BCUT2D eigenvalue weighted by molar-refractivity contribution is 7.10. The highest BCUT2D eigenvalue weighted by Gasteiger charge is 2.50. The summed E-state index contributed by atoms with van der Waals surface area (Å²) < 4.78 is 0. The minimum Gasteiger partial charge on any atom is -0.310 e. The maximum absolute atomic E-state index is 12.7. The molecule has 0 aromatic carbocycles. The van der Waals surface area contributed by atoms with Crippen molar-refractivity contribution in [1.29, 1.82) is 0 Å². The van der Waals surface area contributed by atoms with Crippen LogP contribution in [0.2, 0.25) is 0 Å². The normalized spacial score (nSPS) is 28.6. The van der Waals surface area contributed by atoms with Crippen molar-refractivity contribution in [2.45, 2.75) is 50.6 Å². The van der Waals surface area contributed by atoms with Gasteiger partial charge in [0.25, 0.3) is 0 Å². The maximum atomic E-state index is 12.7. The number of hydrogen-bond acceptors (Lipinski definition) is 4. The van der Waals surface area contributed by atoms with Crippen molar-refractivity contribution in [3.05, 3.63) is 22.4 Å². The second-order valence-electron chi connectivity index (χ2n) is 6.91. The summed E-state index contributed by atoms with van der Waals surface area (Å²) in [5.74, 6) is -1.27. The lowest BCUT2D eigenvalue weighted by atomic mass is 10.2. The first-order chi connectivity index (χ1) is 11.7. The van der Waals surface area contributed by atoms with Crippen LogP contribution in [0.25, 0.3) is 0 Å². The Bertz CT molecular complexity index is 654. The summed E-state index contributed by atoms with van der Waals surface area (Å²) in [6.45, 7) is 1.23. The van der Waals surface area contributed by atoms with Crippen molar-refractivity contribution >= 4 is 29.2 Å². The molecule has 1 aromatic rings. The average molecular weight is 348 g/mol. The van der Waals surface area contributed by atoms with Crippen molar-refractivity contribution in [2.24, 2.45) is 0 Å². The van der Waals surface area contributed by atoms with E-state index in [9.17, 15) is 14.4 Å². The molecule has 24 heavy (non-hydrogen) atoms. The van der Waals surface area contributed by atoms with Gasteiger partial charge in [-0.15, -0.1) is 11.3 Å². The molecule has 1 N–H and O–H groups in total. The van der Waals surface area contributed by atoms with E-state index in [1.54, 1.807) is 11.3 Å². The lowest BCUT2D eigenvalue weighted by Gasteiger charge is -2.25. The highest BCUT2D eigenvalue weighted by atomic mass is 32.1. The number of carbonyl (C=O) groups is 3. The first kappa shape index (κ1) is 15.8. The molecule has 2 aliphatic heterocycles. The van der Waals surface area contributed by atoms with Crippen LogP contribution in [0.3, 0.4) is 0 Å². The molecule has 3 fully saturated rings. The third-order valence-corrected chi connectivity index (χ3v) is 6.49. The molecule has 0 radical (unpaired) electrons. The van der Waals surface area contributed by atoms with E-state index in [4.69, 9.17) is 0 Å². The summed E-state index contributed by atoms with van der Waals surface area (Å²) in [5, 5.41) is 2.06. The molecule has 1 saturated carbocycles. The monoisotopic (exact) mass is 348 g/mol. The van der Waals surface area contributed by atoms with E-state index in [1.165, 1.54) is 19.6 Å².